The van der Waals surface area contributed by atoms with E-state index < -0.39 is 0 Å². The van der Waals surface area contributed by atoms with Crippen molar-refractivity contribution in [3.05, 3.63) is 48.2 Å². The number of nitrogens with zero attached hydrogens (tertiary/aromatic N) is 2. The topological polar surface area (TPSA) is 75.7 Å². The van der Waals surface area contributed by atoms with Crippen molar-refractivity contribution in [3.63, 3.8) is 0 Å². The molecule has 7 heteroatoms. The van der Waals surface area contributed by atoms with Crippen molar-refractivity contribution in [2.75, 3.05) is 40.2 Å². The van der Waals surface area contributed by atoms with E-state index in [1.807, 2.05) is 43.3 Å². The van der Waals surface area contributed by atoms with Crippen LogP contribution in [0.4, 0.5) is 10.5 Å². The van der Waals surface area contributed by atoms with Gasteiger partial charge in [-0.15, -0.1) is 0 Å². The van der Waals surface area contributed by atoms with Gasteiger partial charge in [0.1, 0.15) is 5.75 Å². The first kappa shape index (κ1) is 18.5. The Balaban J connectivity index is 1.96. The molecule has 2 rings (SSSR count). The Morgan fingerprint density at radius 3 is 2.60 bits per heavy atom. The number of carbonyl (C=O) groups is 1. The zero-order chi connectivity index (χ0) is 18.2. The van der Waals surface area contributed by atoms with E-state index in [0.29, 0.717) is 18.1 Å². The Bertz CT molecular complexity index is 689. The van der Waals surface area contributed by atoms with Crippen LogP contribution in [0.25, 0.3) is 0 Å². The number of amides is 2. The van der Waals surface area contributed by atoms with Crippen LogP contribution in [0, 0.1) is 0 Å². The van der Waals surface area contributed by atoms with Gasteiger partial charge >= 0.3 is 6.03 Å². The number of urea groups is 1. The Hall–Kier alpha value is -2.80. The number of anilines is 1. The van der Waals surface area contributed by atoms with E-state index >= 15 is 0 Å². The summed E-state index contributed by atoms with van der Waals surface area (Å²) in [5.41, 5.74) is 1.66. The van der Waals surface area contributed by atoms with Gasteiger partial charge in [-0.05, 0) is 37.9 Å². The highest BCUT2D eigenvalue weighted by molar-refractivity contribution is 5.89. The molecule has 2 amide bonds. The fourth-order valence-electron chi connectivity index (χ4n) is 2.39. The highest BCUT2D eigenvalue weighted by Crippen LogP contribution is 2.22. The van der Waals surface area contributed by atoms with E-state index in [-0.39, 0.29) is 12.1 Å². The number of benzene rings is 1. The lowest BCUT2D eigenvalue weighted by Gasteiger charge is -2.25. The summed E-state index contributed by atoms with van der Waals surface area (Å²) < 4.78 is 10.3. The predicted octanol–water partition coefficient (Wildman–Crippen LogP) is 2.52. The van der Waals surface area contributed by atoms with Crippen molar-refractivity contribution in [2.45, 2.75) is 6.04 Å². The van der Waals surface area contributed by atoms with Crippen molar-refractivity contribution in [1.29, 1.82) is 0 Å². The lowest BCUT2D eigenvalue weighted by atomic mass is 10.1. The van der Waals surface area contributed by atoms with E-state index in [1.54, 1.807) is 32.5 Å². The highest BCUT2D eigenvalue weighted by Gasteiger charge is 2.16. The van der Waals surface area contributed by atoms with Gasteiger partial charge in [0.2, 0.25) is 5.88 Å². The molecular formula is C18H24N4O3. The summed E-state index contributed by atoms with van der Waals surface area (Å²) in [5.74, 6) is 1.29. The number of rotatable bonds is 7. The maximum Gasteiger partial charge on any atom is 0.319 e. The van der Waals surface area contributed by atoms with Crippen molar-refractivity contribution in [2.24, 2.45) is 0 Å². The average Bonchev–Trinajstić information content (AvgIpc) is 2.62. The first-order valence-corrected chi connectivity index (χ1v) is 7.88. The standard InChI is InChI=1S/C18H24N4O3/c1-22(2)16(13-6-5-7-15(10-13)24-3)12-20-18(23)21-14-8-9-17(25-4)19-11-14/h5-11,16H,12H2,1-4H3,(H2,20,21,23)/t16-/m0/s1. The molecule has 25 heavy (non-hydrogen) atoms. The zero-order valence-corrected chi connectivity index (χ0v) is 14.9. The highest BCUT2D eigenvalue weighted by atomic mass is 16.5. The number of ether oxygens (including phenoxy) is 2. The van der Waals surface area contributed by atoms with Gasteiger partial charge in [0.25, 0.3) is 0 Å². The molecule has 0 saturated carbocycles. The van der Waals surface area contributed by atoms with Gasteiger partial charge in [0, 0.05) is 12.6 Å². The van der Waals surface area contributed by atoms with Crippen LogP contribution in [0.1, 0.15) is 11.6 Å². The van der Waals surface area contributed by atoms with Gasteiger partial charge in [0.05, 0.1) is 32.1 Å². The molecule has 2 aromatic rings. The fraction of sp³-hybridized carbons (Fsp3) is 0.333. The SMILES string of the molecule is COc1cccc([C@H](CNC(=O)Nc2ccc(OC)nc2)N(C)C)c1. The molecule has 1 aromatic heterocycles. The molecule has 0 radical (unpaired) electrons. The normalized spacial score (nSPS) is 11.7. The first-order chi connectivity index (χ1) is 12.0. The van der Waals surface area contributed by atoms with Gasteiger partial charge in [-0.2, -0.15) is 0 Å². The second-order valence-corrected chi connectivity index (χ2v) is 5.68. The number of hydrogen-bond donors (Lipinski definition) is 2. The number of aromatic nitrogens is 1. The number of nitrogens with one attached hydrogen (secondary N) is 2. The number of hydrogen-bond acceptors (Lipinski definition) is 5. The van der Waals surface area contributed by atoms with Crippen molar-refractivity contribution >= 4 is 11.7 Å². The third-order valence-corrected chi connectivity index (χ3v) is 3.76. The van der Waals surface area contributed by atoms with Crippen LogP contribution in [0.2, 0.25) is 0 Å². The minimum absolute atomic E-state index is 0.0230. The molecule has 0 fully saturated rings. The van der Waals surface area contributed by atoms with Crippen molar-refractivity contribution in [1.82, 2.24) is 15.2 Å². The van der Waals surface area contributed by atoms with E-state index in [4.69, 9.17) is 9.47 Å². The molecule has 0 aliphatic rings. The summed E-state index contributed by atoms with van der Waals surface area (Å²) in [6.07, 6.45) is 1.55. The zero-order valence-electron chi connectivity index (χ0n) is 14.9. The molecule has 2 N–H and O–H groups in total. The molecule has 1 atom stereocenters. The van der Waals surface area contributed by atoms with Gasteiger partial charge in [0.15, 0.2) is 0 Å². The third-order valence-electron chi connectivity index (χ3n) is 3.76. The maximum atomic E-state index is 12.1. The summed E-state index contributed by atoms with van der Waals surface area (Å²) in [6.45, 7) is 0.454. The van der Waals surface area contributed by atoms with E-state index in [9.17, 15) is 4.79 Å². The molecule has 1 aromatic carbocycles. The summed E-state index contributed by atoms with van der Waals surface area (Å²) in [4.78, 5) is 18.2. The molecule has 0 spiro atoms. The lowest BCUT2D eigenvalue weighted by Crippen LogP contribution is -2.36. The van der Waals surface area contributed by atoms with E-state index in [1.165, 1.54) is 0 Å². The fourth-order valence-corrected chi connectivity index (χ4v) is 2.39. The second kappa shape index (κ2) is 8.89. The van der Waals surface area contributed by atoms with Crippen LogP contribution >= 0.6 is 0 Å². The van der Waals surface area contributed by atoms with Crippen LogP contribution < -0.4 is 20.1 Å². The Morgan fingerprint density at radius 1 is 1.20 bits per heavy atom. The largest absolute Gasteiger partial charge is 0.497 e. The van der Waals surface area contributed by atoms with Crippen molar-refractivity contribution in [3.8, 4) is 11.6 Å². The molecule has 0 aliphatic carbocycles. The smallest absolute Gasteiger partial charge is 0.319 e. The van der Waals surface area contributed by atoms with Crippen LogP contribution in [-0.4, -0.2) is 50.8 Å². The summed E-state index contributed by atoms with van der Waals surface area (Å²) in [7, 11) is 7.12. The van der Waals surface area contributed by atoms with Crippen molar-refractivity contribution < 1.29 is 14.3 Å². The molecule has 1 heterocycles. The molecule has 7 nitrogen and oxygen atoms in total. The van der Waals surface area contributed by atoms with Crippen LogP contribution in [0.15, 0.2) is 42.6 Å². The Labute approximate surface area is 148 Å². The van der Waals surface area contributed by atoms with Crippen LogP contribution in [0.5, 0.6) is 11.6 Å². The lowest BCUT2D eigenvalue weighted by molar-refractivity contribution is 0.243. The first-order valence-electron chi connectivity index (χ1n) is 7.88. The minimum Gasteiger partial charge on any atom is -0.497 e. The number of pyridine rings is 1. The monoisotopic (exact) mass is 344 g/mol. The van der Waals surface area contributed by atoms with Gasteiger partial charge in [-0.3, -0.25) is 0 Å². The quantitative estimate of drug-likeness (QED) is 0.807. The average molecular weight is 344 g/mol. The summed E-state index contributed by atoms with van der Waals surface area (Å²) in [5, 5.41) is 5.64. The second-order valence-electron chi connectivity index (χ2n) is 5.68. The van der Waals surface area contributed by atoms with Gasteiger partial charge < -0.3 is 25.0 Å². The van der Waals surface area contributed by atoms with Gasteiger partial charge in [-0.25, -0.2) is 9.78 Å². The maximum absolute atomic E-state index is 12.1. The number of likely N-dealkylation sites (N-methyl/N-ethyl adjacent to an activating group) is 1. The van der Waals surface area contributed by atoms with E-state index in [2.05, 4.69) is 15.6 Å². The van der Waals surface area contributed by atoms with Crippen LogP contribution in [0.3, 0.4) is 0 Å². The summed E-state index contributed by atoms with van der Waals surface area (Å²) in [6, 6.07) is 11.0. The number of carbonyl (C=O) groups excluding carboxylic acids is 1. The molecule has 0 saturated heterocycles. The van der Waals surface area contributed by atoms with E-state index in [0.717, 1.165) is 11.3 Å². The Morgan fingerprint density at radius 2 is 2.00 bits per heavy atom. The predicted molar refractivity (Wildman–Crippen MR) is 97.2 cm³/mol. The summed E-state index contributed by atoms with van der Waals surface area (Å²) >= 11 is 0. The molecule has 0 aliphatic heterocycles. The van der Waals surface area contributed by atoms with Crippen LogP contribution in [-0.2, 0) is 0 Å². The number of methoxy groups -OCH3 is 2. The third kappa shape index (κ3) is 5.36. The van der Waals surface area contributed by atoms with Gasteiger partial charge in [-0.1, -0.05) is 12.1 Å². The minimum atomic E-state index is -0.290. The molecule has 134 valence electrons. The molecule has 0 bridgehead atoms. The Kier molecular flexibility index (Phi) is 6.59. The molecule has 0 unspecified atom stereocenters. The molecular weight excluding hydrogens is 320 g/mol.